The highest BCUT2D eigenvalue weighted by atomic mass is 16.5. The summed E-state index contributed by atoms with van der Waals surface area (Å²) < 4.78 is 5.56. The lowest BCUT2D eigenvalue weighted by Crippen LogP contribution is -2.22. The van der Waals surface area contributed by atoms with E-state index in [1.54, 1.807) is 36.8 Å². The molecule has 0 unspecified atom stereocenters. The molecule has 1 amide bonds. The molecule has 0 saturated carbocycles. The van der Waals surface area contributed by atoms with E-state index in [2.05, 4.69) is 20.3 Å². The smallest absolute Gasteiger partial charge is 0.251 e. The summed E-state index contributed by atoms with van der Waals surface area (Å²) in [5.41, 5.74) is 2.94. The van der Waals surface area contributed by atoms with Gasteiger partial charge in [0.25, 0.3) is 5.91 Å². The molecule has 1 N–H and O–H groups in total. The van der Waals surface area contributed by atoms with Crippen LogP contribution in [0.2, 0.25) is 0 Å². The molecule has 0 saturated heterocycles. The Hall–Kier alpha value is -3.02. The molecule has 0 fully saturated rings. The molecule has 0 spiro atoms. The highest BCUT2D eigenvalue weighted by molar-refractivity contribution is 5.97. The van der Waals surface area contributed by atoms with Crippen molar-refractivity contribution in [2.75, 3.05) is 0 Å². The molecule has 0 radical (unpaired) electrons. The van der Waals surface area contributed by atoms with Gasteiger partial charge in [0.1, 0.15) is 0 Å². The van der Waals surface area contributed by atoms with E-state index in [1.807, 2.05) is 26.0 Å². The number of ether oxygens (including phenoxy) is 1. The van der Waals surface area contributed by atoms with Gasteiger partial charge in [-0.05, 0) is 43.7 Å². The van der Waals surface area contributed by atoms with Crippen molar-refractivity contribution >= 4 is 16.9 Å². The van der Waals surface area contributed by atoms with Crippen LogP contribution in [0.5, 0.6) is 5.88 Å². The van der Waals surface area contributed by atoms with Gasteiger partial charge in [-0.2, -0.15) is 0 Å². The van der Waals surface area contributed by atoms with Gasteiger partial charge in [-0.25, -0.2) is 4.98 Å². The Balaban J connectivity index is 1.68. The normalized spacial score (nSPS) is 10.8. The number of carbonyl (C=O) groups excluding carboxylic acids is 1. The average molecular weight is 322 g/mol. The molecule has 2 aromatic heterocycles. The molecule has 0 aliphatic rings. The van der Waals surface area contributed by atoms with Crippen molar-refractivity contribution in [3.05, 3.63) is 60.0 Å². The van der Waals surface area contributed by atoms with Crippen LogP contribution in [0.15, 0.2) is 48.9 Å². The zero-order valence-corrected chi connectivity index (χ0v) is 13.6. The van der Waals surface area contributed by atoms with Crippen molar-refractivity contribution in [1.82, 2.24) is 20.3 Å². The Morgan fingerprint density at radius 1 is 1.04 bits per heavy atom. The van der Waals surface area contributed by atoms with Crippen LogP contribution in [0.25, 0.3) is 11.0 Å². The minimum atomic E-state index is -0.161. The molecule has 122 valence electrons. The number of benzene rings is 1. The number of pyridine rings is 1. The summed E-state index contributed by atoms with van der Waals surface area (Å²) in [5.74, 6) is 0.392. The molecule has 2 heterocycles. The standard InChI is InChI=1S/C18H18N4O2/c1-12(2)24-17-9-13(5-6-21-17)11-22-18(23)14-3-4-15-16(10-14)20-8-7-19-15/h3-10,12H,11H2,1-2H3,(H,22,23). The molecular formula is C18H18N4O2. The number of nitrogens with one attached hydrogen (secondary N) is 1. The van der Waals surface area contributed by atoms with E-state index in [4.69, 9.17) is 4.74 Å². The summed E-state index contributed by atoms with van der Waals surface area (Å²) in [7, 11) is 0. The van der Waals surface area contributed by atoms with Crippen LogP contribution in [0.4, 0.5) is 0 Å². The molecule has 3 rings (SSSR count). The summed E-state index contributed by atoms with van der Waals surface area (Å²) in [6, 6.07) is 8.94. The second kappa shape index (κ2) is 7.04. The first-order valence-corrected chi connectivity index (χ1v) is 7.72. The van der Waals surface area contributed by atoms with Gasteiger partial charge in [0.15, 0.2) is 0 Å². The van der Waals surface area contributed by atoms with Crippen LogP contribution in [-0.4, -0.2) is 27.0 Å². The van der Waals surface area contributed by atoms with Gasteiger partial charge < -0.3 is 10.1 Å². The van der Waals surface area contributed by atoms with E-state index < -0.39 is 0 Å². The molecule has 0 atom stereocenters. The summed E-state index contributed by atoms with van der Waals surface area (Å²) in [5, 5.41) is 2.89. The van der Waals surface area contributed by atoms with E-state index in [9.17, 15) is 4.79 Å². The van der Waals surface area contributed by atoms with Crippen molar-refractivity contribution in [3.8, 4) is 5.88 Å². The van der Waals surface area contributed by atoms with Crippen LogP contribution in [-0.2, 0) is 6.54 Å². The fourth-order valence-corrected chi connectivity index (χ4v) is 2.26. The van der Waals surface area contributed by atoms with Crippen LogP contribution in [0, 0.1) is 0 Å². The first kappa shape index (κ1) is 15.9. The van der Waals surface area contributed by atoms with E-state index in [0.717, 1.165) is 11.1 Å². The zero-order chi connectivity index (χ0) is 16.9. The lowest BCUT2D eigenvalue weighted by Gasteiger charge is -2.10. The highest BCUT2D eigenvalue weighted by Crippen LogP contribution is 2.13. The van der Waals surface area contributed by atoms with E-state index >= 15 is 0 Å². The van der Waals surface area contributed by atoms with Crippen LogP contribution in [0.1, 0.15) is 29.8 Å². The van der Waals surface area contributed by atoms with Gasteiger partial charge in [-0.1, -0.05) is 0 Å². The maximum atomic E-state index is 12.3. The fraction of sp³-hybridized carbons (Fsp3) is 0.222. The van der Waals surface area contributed by atoms with E-state index in [1.165, 1.54) is 0 Å². The van der Waals surface area contributed by atoms with Gasteiger partial charge in [0.05, 0.1) is 17.1 Å². The van der Waals surface area contributed by atoms with E-state index in [0.29, 0.717) is 23.5 Å². The van der Waals surface area contributed by atoms with Crippen LogP contribution >= 0.6 is 0 Å². The van der Waals surface area contributed by atoms with Crippen LogP contribution in [0.3, 0.4) is 0 Å². The molecule has 3 aromatic rings. The van der Waals surface area contributed by atoms with Gasteiger partial charge in [-0.15, -0.1) is 0 Å². The van der Waals surface area contributed by atoms with Gasteiger partial charge in [0.2, 0.25) is 5.88 Å². The Labute approximate surface area is 139 Å². The number of aromatic nitrogens is 3. The second-order valence-corrected chi connectivity index (χ2v) is 5.61. The summed E-state index contributed by atoms with van der Waals surface area (Å²) in [6.07, 6.45) is 4.96. The lowest BCUT2D eigenvalue weighted by molar-refractivity contribution is 0.0951. The molecule has 0 aliphatic carbocycles. The molecule has 6 heteroatoms. The molecule has 1 aromatic carbocycles. The number of carbonyl (C=O) groups is 1. The summed E-state index contributed by atoms with van der Waals surface area (Å²) in [4.78, 5) is 24.9. The number of fused-ring (bicyclic) bond motifs is 1. The third-order valence-corrected chi connectivity index (χ3v) is 3.34. The summed E-state index contributed by atoms with van der Waals surface area (Å²) in [6.45, 7) is 4.28. The van der Waals surface area contributed by atoms with E-state index in [-0.39, 0.29) is 12.0 Å². The summed E-state index contributed by atoms with van der Waals surface area (Å²) >= 11 is 0. The maximum Gasteiger partial charge on any atom is 0.251 e. The third kappa shape index (κ3) is 3.84. The minimum absolute atomic E-state index is 0.0565. The average Bonchev–Trinajstić information content (AvgIpc) is 2.59. The third-order valence-electron chi connectivity index (χ3n) is 3.34. The number of hydrogen-bond donors (Lipinski definition) is 1. The van der Waals surface area contributed by atoms with Gasteiger partial charge in [0, 0.05) is 36.8 Å². The first-order chi connectivity index (χ1) is 11.6. The topological polar surface area (TPSA) is 77.0 Å². The largest absolute Gasteiger partial charge is 0.475 e. The monoisotopic (exact) mass is 322 g/mol. The molecule has 0 bridgehead atoms. The predicted octanol–water partition coefficient (Wildman–Crippen LogP) is 2.74. The van der Waals surface area contributed by atoms with Crippen molar-refractivity contribution in [1.29, 1.82) is 0 Å². The maximum absolute atomic E-state index is 12.3. The Morgan fingerprint density at radius 2 is 1.83 bits per heavy atom. The van der Waals surface area contributed by atoms with Crippen molar-refractivity contribution in [2.45, 2.75) is 26.5 Å². The number of rotatable bonds is 5. The Kier molecular flexibility index (Phi) is 4.65. The quantitative estimate of drug-likeness (QED) is 0.781. The fourth-order valence-electron chi connectivity index (χ4n) is 2.26. The molecule has 6 nitrogen and oxygen atoms in total. The second-order valence-electron chi connectivity index (χ2n) is 5.61. The zero-order valence-electron chi connectivity index (χ0n) is 13.6. The lowest BCUT2D eigenvalue weighted by atomic mass is 10.1. The highest BCUT2D eigenvalue weighted by Gasteiger charge is 2.08. The van der Waals surface area contributed by atoms with Crippen LogP contribution < -0.4 is 10.1 Å². The van der Waals surface area contributed by atoms with Gasteiger partial charge >= 0.3 is 0 Å². The number of amides is 1. The molecular weight excluding hydrogens is 304 g/mol. The first-order valence-electron chi connectivity index (χ1n) is 7.72. The van der Waals surface area contributed by atoms with Crippen molar-refractivity contribution in [2.24, 2.45) is 0 Å². The SMILES string of the molecule is CC(C)Oc1cc(CNC(=O)c2ccc3nccnc3c2)ccn1. The predicted molar refractivity (Wildman–Crippen MR) is 90.7 cm³/mol. The van der Waals surface area contributed by atoms with Crippen molar-refractivity contribution < 1.29 is 9.53 Å². The molecule has 24 heavy (non-hydrogen) atoms. The number of nitrogens with zero attached hydrogens (tertiary/aromatic N) is 3. The Morgan fingerprint density at radius 3 is 2.62 bits per heavy atom. The van der Waals surface area contributed by atoms with Gasteiger partial charge in [-0.3, -0.25) is 14.8 Å². The minimum Gasteiger partial charge on any atom is -0.475 e. The number of hydrogen-bond acceptors (Lipinski definition) is 5. The Bertz CT molecular complexity index is 864. The molecule has 0 aliphatic heterocycles. The van der Waals surface area contributed by atoms with Crippen molar-refractivity contribution in [3.63, 3.8) is 0 Å².